The van der Waals surface area contributed by atoms with Crippen LogP contribution in [0.3, 0.4) is 0 Å². The Morgan fingerprint density at radius 1 is 1.18 bits per heavy atom. The first-order valence-electron chi connectivity index (χ1n) is 7.90. The van der Waals surface area contributed by atoms with Crippen molar-refractivity contribution in [1.29, 1.82) is 0 Å². The van der Waals surface area contributed by atoms with Gasteiger partial charge in [-0.2, -0.15) is 0 Å². The highest BCUT2D eigenvalue weighted by molar-refractivity contribution is 5.32. The van der Waals surface area contributed by atoms with Crippen molar-refractivity contribution in [3.05, 3.63) is 53.9 Å². The Morgan fingerprint density at radius 3 is 2.68 bits per heavy atom. The zero-order valence-corrected chi connectivity index (χ0v) is 13.1. The van der Waals surface area contributed by atoms with Crippen LogP contribution in [0, 0.1) is 12.3 Å². The van der Waals surface area contributed by atoms with E-state index in [1.54, 1.807) is 12.4 Å². The number of aliphatic hydroxyl groups excluding tert-OH is 1. The fraction of sp³-hybridized carbons (Fsp3) is 0.444. The van der Waals surface area contributed by atoms with Crippen molar-refractivity contribution < 1.29 is 5.11 Å². The van der Waals surface area contributed by atoms with Gasteiger partial charge in [0.05, 0.1) is 6.61 Å². The number of nitrogens with zero attached hydrogens (tertiary/aromatic N) is 3. The first kappa shape index (κ1) is 15.0. The van der Waals surface area contributed by atoms with Crippen LogP contribution in [0.15, 0.2) is 42.7 Å². The van der Waals surface area contributed by atoms with Crippen LogP contribution in [0.2, 0.25) is 0 Å². The smallest absolute Gasteiger partial charge is 0.225 e. The fourth-order valence-electron chi connectivity index (χ4n) is 3.37. The largest absolute Gasteiger partial charge is 0.396 e. The van der Waals surface area contributed by atoms with Crippen LogP contribution in [0.25, 0.3) is 0 Å². The van der Waals surface area contributed by atoms with E-state index >= 15 is 0 Å². The molecule has 4 nitrogen and oxygen atoms in total. The molecule has 1 saturated heterocycles. The number of aryl methyl sites for hydroxylation is 1. The van der Waals surface area contributed by atoms with Crippen LogP contribution in [0.4, 0.5) is 5.95 Å². The zero-order valence-electron chi connectivity index (χ0n) is 13.1. The van der Waals surface area contributed by atoms with Crippen LogP contribution in [0.5, 0.6) is 0 Å². The van der Waals surface area contributed by atoms with Crippen LogP contribution in [-0.4, -0.2) is 34.8 Å². The Balaban J connectivity index is 1.82. The summed E-state index contributed by atoms with van der Waals surface area (Å²) in [5, 5.41) is 10.1. The van der Waals surface area contributed by atoms with E-state index in [1.165, 1.54) is 11.1 Å². The topological polar surface area (TPSA) is 49.2 Å². The second-order valence-corrected chi connectivity index (χ2v) is 6.34. The molecular weight excluding hydrogens is 274 g/mol. The van der Waals surface area contributed by atoms with E-state index in [-0.39, 0.29) is 12.0 Å². The molecule has 1 unspecified atom stereocenters. The van der Waals surface area contributed by atoms with Crippen molar-refractivity contribution in [2.45, 2.75) is 26.2 Å². The number of aromatic nitrogens is 2. The monoisotopic (exact) mass is 297 g/mol. The molecule has 0 saturated carbocycles. The highest BCUT2D eigenvalue weighted by Gasteiger charge is 2.36. The summed E-state index contributed by atoms with van der Waals surface area (Å²) in [6.45, 7) is 4.10. The molecule has 1 atom stereocenters. The number of aliphatic hydroxyl groups is 1. The predicted octanol–water partition coefficient (Wildman–Crippen LogP) is 2.61. The van der Waals surface area contributed by atoms with Gasteiger partial charge in [0.2, 0.25) is 5.95 Å². The van der Waals surface area contributed by atoms with Gasteiger partial charge in [0.15, 0.2) is 0 Å². The molecule has 0 bridgehead atoms. The van der Waals surface area contributed by atoms with E-state index in [0.717, 1.165) is 38.3 Å². The van der Waals surface area contributed by atoms with Crippen molar-refractivity contribution in [3.63, 3.8) is 0 Å². The van der Waals surface area contributed by atoms with Crippen molar-refractivity contribution in [1.82, 2.24) is 9.97 Å². The lowest BCUT2D eigenvalue weighted by molar-refractivity contribution is 0.105. The molecule has 4 heteroatoms. The lowest BCUT2D eigenvalue weighted by Gasteiger charge is -2.42. The van der Waals surface area contributed by atoms with Crippen molar-refractivity contribution in [3.8, 4) is 0 Å². The molecule has 0 radical (unpaired) electrons. The minimum atomic E-state index is -0.108. The van der Waals surface area contributed by atoms with Crippen LogP contribution >= 0.6 is 0 Å². The molecule has 0 spiro atoms. The van der Waals surface area contributed by atoms with Gasteiger partial charge >= 0.3 is 0 Å². The molecule has 3 rings (SSSR count). The van der Waals surface area contributed by atoms with Gasteiger partial charge in [0, 0.05) is 30.9 Å². The number of piperidine rings is 1. The van der Waals surface area contributed by atoms with Crippen LogP contribution in [-0.2, 0) is 6.42 Å². The molecule has 2 heterocycles. The molecule has 116 valence electrons. The second-order valence-electron chi connectivity index (χ2n) is 6.34. The average molecular weight is 297 g/mol. The number of anilines is 1. The molecule has 22 heavy (non-hydrogen) atoms. The van der Waals surface area contributed by atoms with Gasteiger partial charge < -0.3 is 10.0 Å². The summed E-state index contributed by atoms with van der Waals surface area (Å²) in [5.74, 6) is 0.768. The fourth-order valence-corrected chi connectivity index (χ4v) is 3.37. The maximum absolute atomic E-state index is 10.1. The zero-order chi connectivity index (χ0) is 15.4. The Kier molecular flexibility index (Phi) is 4.39. The molecule has 1 aliphatic rings. The maximum atomic E-state index is 10.1. The third kappa shape index (κ3) is 3.12. The van der Waals surface area contributed by atoms with Gasteiger partial charge in [-0.05, 0) is 43.4 Å². The van der Waals surface area contributed by atoms with Crippen molar-refractivity contribution in [2.24, 2.45) is 5.41 Å². The average Bonchev–Trinajstić information content (AvgIpc) is 2.58. The van der Waals surface area contributed by atoms with Gasteiger partial charge in [-0.25, -0.2) is 9.97 Å². The maximum Gasteiger partial charge on any atom is 0.225 e. The SMILES string of the molecule is Cc1ccccc1CC1(CO)CCCN(c2ncccn2)C1. The van der Waals surface area contributed by atoms with Gasteiger partial charge in [0.1, 0.15) is 0 Å². The lowest BCUT2D eigenvalue weighted by atomic mass is 9.75. The summed E-state index contributed by atoms with van der Waals surface area (Å²) < 4.78 is 0. The number of hydrogen-bond acceptors (Lipinski definition) is 4. The van der Waals surface area contributed by atoms with E-state index in [4.69, 9.17) is 0 Å². The summed E-state index contributed by atoms with van der Waals surface area (Å²) in [5.41, 5.74) is 2.51. The Morgan fingerprint density at radius 2 is 1.95 bits per heavy atom. The molecular formula is C18H23N3O. The molecule has 1 N–H and O–H groups in total. The highest BCUT2D eigenvalue weighted by atomic mass is 16.3. The van der Waals surface area contributed by atoms with Crippen molar-refractivity contribution >= 4 is 5.95 Å². The van der Waals surface area contributed by atoms with Gasteiger partial charge in [-0.1, -0.05) is 24.3 Å². The summed E-state index contributed by atoms with van der Waals surface area (Å²) in [7, 11) is 0. The molecule has 1 fully saturated rings. The molecule has 1 aromatic heterocycles. The highest BCUT2D eigenvalue weighted by Crippen LogP contribution is 2.35. The Labute approximate surface area is 131 Å². The quantitative estimate of drug-likeness (QED) is 0.942. The van der Waals surface area contributed by atoms with E-state index in [0.29, 0.717) is 0 Å². The Bertz CT molecular complexity index is 617. The Hall–Kier alpha value is -1.94. The molecule has 1 aromatic carbocycles. The van der Waals surface area contributed by atoms with Crippen LogP contribution < -0.4 is 4.90 Å². The molecule has 0 aliphatic carbocycles. The van der Waals surface area contributed by atoms with Gasteiger partial charge in [-0.15, -0.1) is 0 Å². The summed E-state index contributed by atoms with van der Waals surface area (Å²) in [4.78, 5) is 10.9. The number of benzene rings is 1. The summed E-state index contributed by atoms with van der Waals surface area (Å²) >= 11 is 0. The first-order valence-corrected chi connectivity index (χ1v) is 7.90. The lowest BCUT2D eigenvalue weighted by Crippen LogP contribution is -2.47. The third-order valence-corrected chi connectivity index (χ3v) is 4.66. The van der Waals surface area contributed by atoms with Gasteiger partial charge in [-0.3, -0.25) is 0 Å². The minimum Gasteiger partial charge on any atom is -0.396 e. The van der Waals surface area contributed by atoms with E-state index in [9.17, 15) is 5.11 Å². The predicted molar refractivity (Wildman–Crippen MR) is 87.9 cm³/mol. The standard InChI is InChI=1S/C18H23N3O/c1-15-6-2-3-7-16(15)12-18(14-22)8-4-11-21(13-18)17-19-9-5-10-20-17/h2-3,5-7,9-10,22H,4,8,11-14H2,1H3. The number of hydrogen-bond donors (Lipinski definition) is 1. The molecule has 2 aromatic rings. The normalized spacial score (nSPS) is 21.8. The van der Waals surface area contributed by atoms with E-state index in [1.807, 2.05) is 6.07 Å². The summed E-state index contributed by atoms with van der Waals surface area (Å²) in [6, 6.07) is 10.3. The van der Waals surface area contributed by atoms with Crippen LogP contribution in [0.1, 0.15) is 24.0 Å². The molecule has 1 aliphatic heterocycles. The first-order chi connectivity index (χ1) is 10.7. The molecule has 0 amide bonds. The van der Waals surface area contributed by atoms with E-state index in [2.05, 4.69) is 46.1 Å². The second kappa shape index (κ2) is 6.44. The van der Waals surface area contributed by atoms with E-state index < -0.39 is 0 Å². The third-order valence-electron chi connectivity index (χ3n) is 4.66. The van der Waals surface area contributed by atoms with Crippen molar-refractivity contribution in [2.75, 3.05) is 24.6 Å². The number of rotatable bonds is 4. The minimum absolute atomic E-state index is 0.108. The van der Waals surface area contributed by atoms with Gasteiger partial charge in [0.25, 0.3) is 0 Å². The summed E-state index contributed by atoms with van der Waals surface area (Å²) in [6.07, 6.45) is 6.56.